The third kappa shape index (κ3) is 7.31. The molecule has 0 saturated heterocycles. The Morgan fingerprint density at radius 1 is 0.867 bits per heavy atom. The van der Waals surface area contributed by atoms with Gasteiger partial charge < -0.3 is 9.47 Å². The number of alkyl halides is 4. The van der Waals surface area contributed by atoms with Gasteiger partial charge in [0.1, 0.15) is 13.2 Å². The molecule has 10 heteroatoms. The molecule has 0 spiro atoms. The van der Waals surface area contributed by atoms with Crippen molar-refractivity contribution in [3.63, 3.8) is 0 Å². The van der Waals surface area contributed by atoms with E-state index in [1.54, 1.807) is 0 Å². The molecule has 0 unspecified atom stereocenters. The number of hydrogen-bond donors (Lipinski definition) is 1. The molecule has 1 N–H and O–H groups in total. The lowest BCUT2D eigenvalue weighted by Crippen LogP contribution is -2.48. The van der Waals surface area contributed by atoms with Crippen LogP contribution in [0.1, 0.15) is 57.8 Å². The minimum Gasteiger partial charge on any atom is -0.381 e. The molecular weight excluding hydrogens is 428 g/mol. The molecule has 4 aliphatic rings. The highest BCUT2D eigenvalue weighted by molar-refractivity contribution is 7.85. The quantitative estimate of drug-likeness (QED) is 0.248. The molecule has 4 bridgehead atoms. The molecule has 0 aliphatic heterocycles. The molecule has 0 aromatic carbocycles. The molecule has 0 aromatic heterocycles. The van der Waals surface area contributed by atoms with Crippen LogP contribution >= 0.6 is 0 Å². The molecule has 4 aliphatic carbocycles. The van der Waals surface area contributed by atoms with Crippen LogP contribution in [-0.2, 0) is 19.6 Å². The molecule has 0 heterocycles. The standard InChI is InChI=1S/C20H32F4O5S/c21-19(22,13-29-14-20(23,24)3-5-30(25,26)27)2-1-4-28-12-18-9-15-6-16(10-18)8-17(7-15)11-18/h15-17H,1-14H2,(H,25,26,27). The first-order chi connectivity index (χ1) is 13.9. The number of hydrogen-bond acceptors (Lipinski definition) is 4. The Hall–Kier alpha value is -0.450. The maximum absolute atomic E-state index is 13.9. The number of rotatable bonds is 13. The van der Waals surface area contributed by atoms with E-state index in [4.69, 9.17) is 9.29 Å². The third-order valence-corrected chi connectivity index (χ3v) is 7.48. The van der Waals surface area contributed by atoms with E-state index >= 15 is 0 Å². The largest absolute Gasteiger partial charge is 0.381 e. The molecule has 0 radical (unpaired) electrons. The average molecular weight is 461 g/mol. The van der Waals surface area contributed by atoms with Crippen LogP contribution in [0.5, 0.6) is 0 Å². The van der Waals surface area contributed by atoms with Gasteiger partial charge >= 0.3 is 0 Å². The van der Waals surface area contributed by atoms with E-state index in [9.17, 15) is 26.0 Å². The van der Waals surface area contributed by atoms with Crippen LogP contribution in [0.4, 0.5) is 17.6 Å². The van der Waals surface area contributed by atoms with Crippen molar-refractivity contribution >= 4 is 10.1 Å². The van der Waals surface area contributed by atoms with Crippen LogP contribution in [0.3, 0.4) is 0 Å². The van der Waals surface area contributed by atoms with E-state index < -0.39 is 53.8 Å². The molecular formula is C20H32F4O5S. The van der Waals surface area contributed by atoms with Crippen molar-refractivity contribution in [1.29, 1.82) is 0 Å². The van der Waals surface area contributed by atoms with Crippen molar-refractivity contribution in [3.8, 4) is 0 Å². The first-order valence-electron chi connectivity index (χ1n) is 10.7. The van der Waals surface area contributed by atoms with Crippen LogP contribution in [0, 0.1) is 23.2 Å². The minimum absolute atomic E-state index is 0.113. The van der Waals surface area contributed by atoms with E-state index in [-0.39, 0.29) is 18.4 Å². The van der Waals surface area contributed by atoms with Crippen LogP contribution in [-0.4, -0.2) is 57.0 Å². The summed E-state index contributed by atoms with van der Waals surface area (Å²) in [5, 5.41) is 0. The summed E-state index contributed by atoms with van der Waals surface area (Å²) in [6.07, 6.45) is 5.97. The summed E-state index contributed by atoms with van der Waals surface area (Å²) in [7, 11) is -4.54. The highest BCUT2D eigenvalue weighted by Gasteiger charge is 2.50. The summed E-state index contributed by atoms with van der Waals surface area (Å²) in [6, 6.07) is 0. The van der Waals surface area contributed by atoms with Gasteiger partial charge in [0.15, 0.2) is 0 Å². The van der Waals surface area contributed by atoms with Crippen LogP contribution in [0.25, 0.3) is 0 Å². The first-order valence-corrected chi connectivity index (χ1v) is 12.3. The van der Waals surface area contributed by atoms with Crippen molar-refractivity contribution in [1.82, 2.24) is 0 Å². The second-order valence-corrected chi connectivity index (χ2v) is 11.4. The molecule has 30 heavy (non-hydrogen) atoms. The molecule has 4 rings (SSSR count). The van der Waals surface area contributed by atoms with Gasteiger partial charge in [0.05, 0.1) is 12.4 Å². The normalized spacial score (nSPS) is 31.4. The number of ether oxygens (including phenoxy) is 2. The van der Waals surface area contributed by atoms with E-state index in [0.29, 0.717) is 6.61 Å². The maximum atomic E-state index is 13.9. The Labute approximate surface area is 175 Å². The maximum Gasteiger partial charge on any atom is 0.272 e. The predicted octanol–water partition coefficient (Wildman–Crippen LogP) is 4.56. The monoisotopic (exact) mass is 460 g/mol. The second-order valence-electron chi connectivity index (χ2n) is 9.81. The lowest BCUT2D eigenvalue weighted by molar-refractivity contribution is -0.134. The summed E-state index contributed by atoms with van der Waals surface area (Å²) in [5.74, 6) is -5.61. The topological polar surface area (TPSA) is 72.8 Å². The van der Waals surface area contributed by atoms with Crippen molar-refractivity contribution in [2.45, 2.75) is 69.6 Å². The predicted molar refractivity (Wildman–Crippen MR) is 102 cm³/mol. The highest BCUT2D eigenvalue weighted by Crippen LogP contribution is 2.60. The fourth-order valence-electron chi connectivity index (χ4n) is 5.96. The lowest BCUT2D eigenvalue weighted by atomic mass is 9.50. The summed E-state index contributed by atoms with van der Waals surface area (Å²) in [5.41, 5.74) is 0.230. The van der Waals surface area contributed by atoms with Crippen LogP contribution in [0.2, 0.25) is 0 Å². The fourth-order valence-corrected chi connectivity index (χ4v) is 6.52. The Balaban J connectivity index is 1.29. The van der Waals surface area contributed by atoms with E-state index in [0.717, 1.165) is 17.8 Å². The van der Waals surface area contributed by atoms with Gasteiger partial charge in [-0.2, -0.15) is 8.42 Å². The minimum atomic E-state index is -4.54. The summed E-state index contributed by atoms with van der Waals surface area (Å²) < 4.78 is 94.3. The van der Waals surface area contributed by atoms with Gasteiger partial charge in [0.2, 0.25) is 0 Å². The van der Waals surface area contributed by atoms with Crippen molar-refractivity contribution in [3.05, 3.63) is 0 Å². The van der Waals surface area contributed by atoms with Gasteiger partial charge in [-0.3, -0.25) is 4.55 Å². The zero-order chi connectivity index (χ0) is 22.0. The first kappa shape index (κ1) is 24.2. The zero-order valence-electron chi connectivity index (χ0n) is 17.1. The van der Waals surface area contributed by atoms with Crippen LogP contribution < -0.4 is 0 Å². The van der Waals surface area contributed by atoms with Gasteiger partial charge in [-0.1, -0.05) is 0 Å². The van der Waals surface area contributed by atoms with E-state index in [2.05, 4.69) is 4.74 Å². The van der Waals surface area contributed by atoms with Crippen molar-refractivity contribution in [2.24, 2.45) is 23.2 Å². The number of halogens is 4. The molecule has 0 aromatic rings. The Bertz CT molecular complexity index is 647. The second kappa shape index (κ2) is 9.19. The molecule has 176 valence electrons. The SMILES string of the molecule is O=S(=O)(O)CCC(F)(F)COCC(F)(F)CCCOCC12CC3CC(CC(C3)C1)C2. The molecule has 0 atom stereocenters. The summed E-state index contributed by atoms with van der Waals surface area (Å²) in [4.78, 5) is 0. The third-order valence-electron chi connectivity index (χ3n) is 6.76. The molecule has 0 amide bonds. The fraction of sp³-hybridized carbons (Fsp3) is 1.00. The highest BCUT2D eigenvalue weighted by atomic mass is 32.2. The van der Waals surface area contributed by atoms with E-state index in [1.807, 2.05) is 0 Å². The van der Waals surface area contributed by atoms with Crippen molar-refractivity contribution in [2.75, 3.05) is 32.2 Å². The van der Waals surface area contributed by atoms with Gasteiger partial charge in [0.25, 0.3) is 22.0 Å². The summed E-state index contributed by atoms with van der Waals surface area (Å²) in [6.45, 7) is -1.65. The molecule has 5 nitrogen and oxygen atoms in total. The van der Waals surface area contributed by atoms with Gasteiger partial charge in [-0.05, 0) is 68.1 Å². The lowest BCUT2D eigenvalue weighted by Gasteiger charge is -2.56. The van der Waals surface area contributed by atoms with E-state index in [1.165, 1.54) is 38.5 Å². The Morgan fingerprint density at radius 2 is 1.37 bits per heavy atom. The molecule has 4 saturated carbocycles. The smallest absolute Gasteiger partial charge is 0.272 e. The van der Waals surface area contributed by atoms with Gasteiger partial charge in [-0.15, -0.1) is 0 Å². The summed E-state index contributed by atoms with van der Waals surface area (Å²) >= 11 is 0. The van der Waals surface area contributed by atoms with Gasteiger partial charge in [-0.25, -0.2) is 17.6 Å². The molecule has 4 fully saturated rings. The van der Waals surface area contributed by atoms with Gasteiger partial charge in [0, 0.05) is 19.4 Å². The zero-order valence-corrected chi connectivity index (χ0v) is 17.9. The average Bonchev–Trinajstić information content (AvgIpc) is 2.57. The Kier molecular flexibility index (Phi) is 7.42. The van der Waals surface area contributed by atoms with Crippen LogP contribution in [0.15, 0.2) is 0 Å². The van der Waals surface area contributed by atoms with Crippen molar-refractivity contribution < 1.29 is 40.0 Å². The Morgan fingerprint density at radius 3 is 1.87 bits per heavy atom.